The Balaban J connectivity index is 2.09. The van der Waals surface area contributed by atoms with Crippen LogP contribution in [-0.4, -0.2) is 16.9 Å². The Morgan fingerprint density at radius 2 is 2.05 bits per heavy atom. The van der Waals surface area contributed by atoms with Crippen molar-refractivity contribution in [3.63, 3.8) is 0 Å². The largest absolute Gasteiger partial charge is 0.497 e. The quantitative estimate of drug-likeness (QED) is 0.918. The van der Waals surface area contributed by atoms with Crippen molar-refractivity contribution in [2.24, 2.45) is 5.73 Å². The Bertz CT molecular complexity index is 572. The lowest BCUT2D eigenvalue weighted by atomic mass is 9.98. The number of aromatic nitrogens is 2. The van der Waals surface area contributed by atoms with Crippen LogP contribution in [0, 0.1) is 0 Å². The van der Waals surface area contributed by atoms with Gasteiger partial charge >= 0.3 is 0 Å². The molecule has 2 aromatic rings. The van der Waals surface area contributed by atoms with Crippen LogP contribution in [0.15, 0.2) is 24.3 Å². The van der Waals surface area contributed by atoms with E-state index in [1.165, 1.54) is 29.7 Å². The second-order valence-electron chi connectivity index (χ2n) is 4.88. The molecule has 0 saturated heterocycles. The van der Waals surface area contributed by atoms with Crippen molar-refractivity contribution >= 4 is 0 Å². The topological polar surface area (TPSA) is 53.1 Å². The number of fused-ring (bicyclic) bond motifs is 1. The third-order valence-electron chi connectivity index (χ3n) is 3.74. The Labute approximate surface area is 113 Å². The van der Waals surface area contributed by atoms with Crippen molar-refractivity contribution in [2.75, 3.05) is 7.11 Å². The second-order valence-corrected chi connectivity index (χ2v) is 4.88. The van der Waals surface area contributed by atoms with Gasteiger partial charge in [0.2, 0.25) is 0 Å². The van der Waals surface area contributed by atoms with Crippen LogP contribution >= 0.6 is 0 Å². The van der Waals surface area contributed by atoms with Gasteiger partial charge in [-0.1, -0.05) is 12.1 Å². The molecule has 4 nitrogen and oxygen atoms in total. The fourth-order valence-corrected chi connectivity index (χ4v) is 2.78. The number of ether oxygens (including phenoxy) is 1. The first-order valence-corrected chi connectivity index (χ1v) is 6.76. The van der Waals surface area contributed by atoms with Gasteiger partial charge < -0.3 is 10.5 Å². The molecule has 0 radical (unpaired) electrons. The fourth-order valence-electron chi connectivity index (χ4n) is 2.78. The number of rotatable bonds is 3. The van der Waals surface area contributed by atoms with Crippen LogP contribution in [0.25, 0.3) is 11.1 Å². The maximum Gasteiger partial charge on any atom is 0.118 e. The summed E-state index contributed by atoms with van der Waals surface area (Å²) >= 11 is 0. The average Bonchev–Trinajstić information content (AvgIpc) is 2.86. The van der Waals surface area contributed by atoms with Gasteiger partial charge in [-0.05, 0) is 37.0 Å². The van der Waals surface area contributed by atoms with Gasteiger partial charge in [0, 0.05) is 24.3 Å². The summed E-state index contributed by atoms with van der Waals surface area (Å²) in [5.41, 5.74) is 10.6. The molecule has 1 aromatic carbocycles. The van der Waals surface area contributed by atoms with E-state index in [1.807, 2.05) is 12.1 Å². The highest BCUT2D eigenvalue weighted by molar-refractivity contribution is 5.69. The highest BCUT2D eigenvalue weighted by Gasteiger charge is 2.20. The molecular weight excluding hydrogens is 238 g/mol. The molecule has 1 aliphatic rings. The molecule has 0 aliphatic carbocycles. The molecule has 19 heavy (non-hydrogen) atoms. The summed E-state index contributed by atoms with van der Waals surface area (Å²) in [4.78, 5) is 0. The van der Waals surface area contributed by atoms with Crippen molar-refractivity contribution < 1.29 is 4.74 Å². The van der Waals surface area contributed by atoms with Crippen LogP contribution < -0.4 is 10.5 Å². The Morgan fingerprint density at radius 3 is 2.74 bits per heavy atom. The summed E-state index contributed by atoms with van der Waals surface area (Å²) in [5.74, 6) is 0.874. The molecule has 0 amide bonds. The van der Waals surface area contributed by atoms with Crippen LogP contribution in [0.2, 0.25) is 0 Å². The van der Waals surface area contributed by atoms with Crippen LogP contribution in [-0.2, 0) is 19.5 Å². The van der Waals surface area contributed by atoms with Gasteiger partial charge in [-0.25, -0.2) is 0 Å². The van der Waals surface area contributed by atoms with E-state index in [0.717, 1.165) is 24.4 Å². The van der Waals surface area contributed by atoms with E-state index in [2.05, 4.69) is 21.9 Å². The minimum Gasteiger partial charge on any atom is -0.497 e. The maximum atomic E-state index is 5.86. The molecule has 4 heteroatoms. The fraction of sp³-hybridized carbons (Fsp3) is 0.400. The molecule has 0 saturated carbocycles. The zero-order valence-corrected chi connectivity index (χ0v) is 11.2. The minimum absolute atomic E-state index is 0.487. The molecule has 0 spiro atoms. The van der Waals surface area contributed by atoms with E-state index in [-0.39, 0.29) is 0 Å². The number of benzene rings is 1. The van der Waals surface area contributed by atoms with Gasteiger partial charge in [-0.3, -0.25) is 4.68 Å². The Morgan fingerprint density at radius 1 is 1.26 bits per heavy atom. The van der Waals surface area contributed by atoms with E-state index in [1.54, 1.807) is 7.11 Å². The SMILES string of the molecule is COc1ccc(-c2c(CN)nn3c2CCCC3)cc1. The number of methoxy groups -OCH3 is 1. The second kappa shape index (κ2) is 5.05. The van der Waals surface area contributed by atoms with Gasteiger partial charge in [-0.2, -0.15) is 5.10 Å². The zero-order valence-electron chi connectivity index (χ0n) is 11.2. The van der Waals surface area contributed by atoms with Crippen LogP contribution in [0.5, 0.6) is 5.75 Å². The van der Waals surface area contributed by atoms with Gasteiger partial charge in [0.25, 0.3) is 0 Å². The molecule has 0 bridgehead atoms. The molecule has 0 atom stereocenters. The molecule has 3 rings (SSSR count). The molecule has 1 aliphatic heterocycles. The van der Waals surface area contributed by atoms with E-state index in [4.69, 9.17) is 10.5 Å². The smallest absolute Gasteiger partial charge is 0.118 e. The van der Waals surface area contributed by atoms with E-state index < -0.39 is 0 Å². The summed E-state index contributed by atoms with van der Waals surface area (Å²) < 4.78 is 7.34. The summed E-state index contributed by atoms with van der Waals surface area (Å²) in [6.45, 7) is 1.50. The van der Waals surface area contributed by atoms with E-state index in [9.17, 15) is 0 Å². The van der Waals surface area contributed by atoms with Crippen LogP contribution in [0.1, 0.15) is 24.2 Å². The molecule has 2 heterocycles. The van der Waals surface area contributed by atoms with Crippen LogP contribution in [0.4, 0.5) is 0 Å². The van der Waals surface area contributed by atoms with Gasteiger partial charge in [0.15, 0.2) is 0 Å². The molecule has 0 fully saturated rings. The molecule has 0 unspecified atom stereocenters. The third kappa shape index (κ3) is 2.12. The molecule has 1 aromatic heterocycles. The van der Waals surface area contributed by atoms with Crippen LogP contribution in [0.3, 0.4) is 0 Å². The first-order chi connectivity index (χ1) is 9.33. The predicted molar refractivity (Wildman–Crippen MR) is 75.0 cm³/mol. The lowest BCUT2D eigenvalue weighted by molar-refractivity contribution is 0.415. The molecule has 100 valence electrons. The molecule has 2 N–H and O–H groups in total. The van der Waals surface area contributed by atoms with Crippen molar-refractivity contribution in [1.29, 1.82) is 0 Å². The minimum atomic E-state index is 0.487. The summed E-state index contributed by atoms with van der Waals surface area (Å²) in [5, 5.41) is 4.65. The van der Waals surface area contributed by atoms with Gasteiger partial charge in [-0.15, -0.1) is 0 Å². The first-order valence-electron chi connectivity index (χ1n) is 6.76. The average molecular weight is 257 g/mol. The lowest BCUT2D eigenvalue weighted by Crippen LogP contribution is -2.11. The maximum absolute atomic E-state index is 5.86. The number of nitrogens with two attached hydrogens (primary N) is 1. The Hall–Kier alpha value is -1.81. The van der Waals surface area contributed by atoms with Gasteiger partial charge in [0.1, 0.15) is 5.75 Å². The predicted octanol–water partition coefficient (Wildman–Crippen LogP) is 2.35. The van der Waals surface area contributed by atoms with Crippen molar-refractivity contribution in [3.05, 3.63) is 35.7 Å². The Kier molecular flexibility index (Phi) is 3.25. The molecular formula is C15H19N3O. The summed E-state index contributed by atoms with van der Waals surface area (Å²) in [7, 11) is 1.68. The zero-order chi connectivity index (χ0) is 13.2. The summed E-state index contributed by atoms with van der Waals surface area (Å²) in [6, 6.07) is 8.15. The highest BCUT2D eigenvalue weighted by atomic mass is 16.5. The van der Waals surface area contributed by atoms with Crippen molar-refractivity contribution in [1.82, 2.24) is 9.78 Å². The monoisotopic (exact) mass is 257 g/mol. The number of nitrogens with zero attached hydrogens (tertiary/aromatic N) is 2. The van der Waals surface area contributed by atoms with Crippen molar-refractivity contribution in [3.8, 4) is 16.9 Å². The van der Waals surface area contributed by atoms with Gasteiger partial charge in [0.05, 0.1) is 12.8 Å². The number of aryl methyl sites for hydroxylation is 1. The lowest BCUT2D eigenvalue weighted by Gasteiger charge is -2.14. The highest BCUT2D eigenvalue weighted by Crippen LogP contribution is 2.32. The number of hydrogen-bond donors (Lipinski definition) is 1. The standard InChI is InChI=1S/C15H19N3O/c1-19-12-7-5-11(6-8-12)15-13(10-16)17-18-9-3-2-4-14(15)18/h5-8H,2-4,9-10,16H2,1H3. The van der Waals surface area contributed by atoms with E-state index >= 15 is 0 Å². The normalized spacial score (nSPS) is 14.2. The van der Waals surface area contributed by atoms with E-state index in [0.29, 0.717) is 6.54 Å². The number of hydrogen-bond acceptors (Lipinski definition) is 3. The summed E-state index contributed by atoms with van der Waals surface area (Å²) in [6.07, 6.45) is 3.54. The first kappa shape index (κ1) is 12.2. The van der Waals surface area contributed by atoms with Crippen molar-refractivity contribution in [2.45, 2.75) is 32.4 Å². The third-order valence-corrected chi connectivity index (χ3v) is 3.74.